The van der Waals surface area contributed by atoms with Crippen LogP contribution in [0.3, 0.4) is 0 Å². The van der Waals surface area contributed by atoms with Crippen LogP contribution in [0.2, 0.25) is 0 Å². The van der Waals surface area contributed by atoms with Crippen LogP contribution in [0.15, 0.2) is 22.1 Å². The summed E-state index contributed by atoms with van der Waals surface area (Å²) in [6.45, 7) is 2.66. The van der Waals surface area contributed by atoms with Gasteiger partial charge in [0, 0.05) is 17.3 Å². The Morgan fingerprint density at radius 2 is 2.37 bits per heavy atom. The Hall–Kier alpha value is -0.910. The zero-order valence-electron chi connectivity index (χ0n) is 10.5. The van der Waals surface area contributed by atoms with Gasteiger partial charge in [0.1, 0.15) is 5.75 Å². The number of aromatic nitrogens is 1. The van der Waals surface area contributed by atoms with Gasteiger partial charge in [-0.2, -0.15) is 0 Å². The lowest BCUT2D eigenvalue weighted by Crippen LogP contribution is -2.03. The number of rotatable bonds is 3. The molecule has 0 bridgehead atoms. The predicted molar refractivity (Wildman–Crippen MR) is 78.9 cm³/mol. The zero-order valence-corrected chi connectivity index (χ0v) is 12.9. The smallest absolute Gasteiger partial charge is 0.125 e. The number of aliphatic hydroxyl groups is 1. The van der Waals surface area contributed by atoms with Gasteiger partial charge < -0.3 is 9.84 Å². The maximum atomic E-state index is 10.4. The molecule has 1 atom stereocenters. The first-order chi connectivity index (χ1) is 9.15. The first kappa shape index (κ1) is 13.1. The standard InChI is InChI=1S/C14H14BrNO2S/c1-8-14(19-7-16-8)12(17)6-10-5-11(15)4-9-2-3-18-13(9)10/h4-5,7,12,17H,2-3,6H2,1H3. The summed E-state index contributed by atoms with van der Waals surface area (Å²) >= 11 is 5.02. The van der Waals surface area contributed by atoms with Crippen molar-refractivity contribution in [3.63, 3.8) is 0 Å². The van der Waals surface area contributed by atoms with Crippen molar-refractivity contribution in [1.29, 1.82) is 0 Å². The van der Waals surface area contributed by atoms with E-state index in [0.29, 0.717) is 6.42 Å². The van der Waals surface area contributed by atoms with Gasteiger partial charge in [0.25, 0.3) is 0 Å². The molecule has 0 aliphatic carbocycles. The summed E-state index contributed by atoms with van der Waals surface area (Å²) in [6.07, 6.45) is 0.984. The topological polar surface area (TPSA) is 42.4 Å². The molecule has 0 fully saturated rings. The molecule has 1 aromatic heterocycles. The minimum absolute atomic E-state index is 0.518. The van der Waals surface area contributed by atoms with Gasteiger partial charge in [0.2, 0.25) is 0 Å². The van der Waals surface area contributed by atoms with E-state index in [1.807, 2.05) is 13.0 Å². The van der Waals surface area contributed by atoms with Gasteiger partial charge in [-0.1, -0.05) is 15.9 Å². The molecule has 1 aromatic carbocycles. The number of nitrogens with zero attached hydrogens (tertiary/aromatic N) is 1. The summed E-state index contributed by atoms with van der Waals surface area (Å²) in [5, 5.41) is 10.4. The molecule has 0 radical (unpaired) electrons. The summed E-state index contributed by atoms with van der Waals surface area (Å²) in [4.78, 5) is 5.12. The number of halogens is 1. The van der Waals surface area contributed by atoms with E-state index in [1.54, 1.807) is 5.51 Å². The van der Waals surface area contributed by atoms with E-state index in [2.05, 4.69) is 27.0 Å². The second kappa shape index (κ2) is 5.23. The maximum absolute atomic E-state index is 10.4. The molecule has 3 rings (SSSR count). The third kappa shape index (κ3) is 2.55. The predicted octanol–water partition coefficient (Wildman–Crippen LogP) is 3.43. The molecule has 3 nitrogen and oxygen atoms in total. The Morgan fingerprint density at radius 3 is 3.11 bits per heavy atom. The van der Waals surface area contributed by atoms with Crippen LogP contribution in [0, 0.1) is 6.92 Å². The fourth-order valence-corrected chi connectivity index (χ4v) is 3.77. The van der Waals surface area contributed by atoms with E-state index in [0.717, 1.165) is 39.4 Å². The summed E-state index contributed by atoms with van der Waals surface area (Å²) < 4.78 is 6.73. The van der Waals surface area contributed by atoms with Crippen LogP contribution in [-0.4, -0.2) is 16.7 Å². The SMILES string of the molecule is Cc1ncsc1C(O)Cc1cc(Br)cc2c1OCC2. The van der Waals surface area contributed by atoms with Crippen molar-refractivity contribution in [3.8, 4) is 5.75 Å². The first-order valence-corrected chi connectivity index (χ1v) is 7.84. The summed E-state index contributed by atoms with van der Waals surface area (Å²) in [6, 6.07) is 4.12. The van der Waals surface area contributed by atoms with E-state index in [4.69, 9.17) is 4.74 Å². The third-order valence-corrected chi connectivity index (χ3v) is 4.81. The molecule has 1 N–H and O–H groups in total. The van der Waals surface area contributed by atoms with E-state index < -0.39 is 6.10 Å². The highest BCUT2D eigenvalue weighted by atomic mass is 79.9. The molecular formula is C14H14BrNO2S. The number of benzene rings is 1. The Morgan fingerprint density at radius 1 is 1.53 bits per heavy atom. The molecule has 1 aliphatic rings. The largest absolute Gasteiger partial charge is 0.493 e. The lowest BCUT2D eigenvalue weighted by atomic mass is 10.0. The van der Waals surface area contributed by atoms with Crippen LogP contribution >= 0.6 is 27.3 Å². The van der Waals surface area contributed by atoms with Gasteiger partial charge in [-0.15, -0.1) is 11.3 Å². The second-order valence-corrected chi connectivity index (χ2v) is 6.48. The van der Waals surface area contributed by atoms with Crippen molar-refractivity contribution in [1.82, 2.24) is 4.98 Å². The second-order valence-electron chi connectivity index (χ2n) is 4.67. The molecule has 0 spiro atoms. The molecule has 0 saturated carbocycles. The molecule has 1 aliphatic heterocycles. The van der Waals surface area contributed by atoms with Crippen molar-refractivity contribution in [2.24, 2.45) is 0 Å². The highest BCUT2D eigenvalue weighted by Crippen LogP contribution is 2.36. The molecule has 5 heteroatoms. The number of aliphatic hydroxyl groups excluding tert-OH is 1. The number of thiazole rings is 1. The molecule has 2 heterocycles. The summed E-state index contributed by atoms with van der Waals surface area (Å²) in [5.74, 6) is 0.949. The normalized spacial score (nSPS) is 15.1. The van der Waals surface area contributed by atoms with E-state index in [-0.39, 0.29) is 0 Å². The van der Waals surface area contributed by atoms with Gasteiger partial charge >= 0.3 is 0 Å². The molecule has 0 amide bonds. The average molecular weight is 340 g/mol. The summed E-state index contributed by atoms with van der Waals surface area (Å²) in [7, 11) is 0. The monoisotopic (exact) mass is 339 g/mol. The third-order valence-electron chi connectivity index (χ3n) is 3.32. The summed E-state index contributed by atoms with van der Waals surface area (Å²) in [5.41, 5.74) is 4.96. The minimum Gasteiger partial charge on any atom is -0.493 e. The van der Waals surface area contributed by atoms with Gasteiger partial charge in [0.05, 0.1) is 28.8 Å². The van der Waals surface area contributed by atoms with Crippen molar-refractivity contribution >= 4 is 27.3 Å². The number of hydrogen-bond donors (Lipinski definition) is 1. The van der Waals surface area contributed by atoms with Crippen molar-refractivity contribution in [3.05, 3.63) is 43.8 Å². The molecule has 19 heavy (non-hydrogen) atoms. The van der Waals surface area contributed by atoms with Crippen molar-refractivity contribution in [2.75, 3.05) is 6.61 Å². The fourth-order valence-electron chi connectivity index (χ4n) is 2.43. The maximum Gasteiger partial charge on any atom is 0.125 e. The van der Waals surface area contributed by atoms with E-state index >= 15 is 0 Å². The van der Waals surface area contributed by atoms with Gasteiger partial charge in [-0.3, -0.25) is 0 Å². The molecule has 100 valence electrons. The Labute approximate surface area is 124 Å². The van der Waals surface area contributed by atoms with Crippen molar-refractivity contribution < 1.29 is 9.84 Å². The quantitative estimate of drug-likeness (QED) is 0.931. The van der Waals surface area contributed by atoms with Gasteiger partial charge in [-0.25, -0.2) is 4.98 Å². The van der Waals surface area contributed by atoms with Crippen LogP contribution in [0.1, 0.15) is 27.8 Å². The van der Waals surface area contributed by atoms with Gasteiger partial charge in [0.15, 0.2) is 0 Å². The van der Waals surface area contributed by atoms with Crippen LogP contribution in [0.25, 0.3) is 0 Å². The fraction of sp³-hybridized carbons (Fsp3) is 0.357. The Kier molecular flexibility index (Phi) is 3.60. The number of ether oxygens (including phenoxy) is 1. The van der Waals surface area contributed by atoms with E-state index in [1.165, 1.54) is 16.9 Å². The average Bonchev–Trinajstić information content (AvgIpc) is 2.97. The molecule has 1 unspecified atom stereocenters. The van der Waals surface area contributed by atoms with Crippen LogP contribution in [0.5, 0.6) is 5.75 Å². The molecule has 0 saturated heterocycles. The van der Waals surface area contributed by atoms with Crippen molar-refractivity contribution in [2.45, 2.75) is 25.9 Å². The number of fused-ring (bicyclic) bond motifs is 1. The van der Waals surface area contributed by atoms with E-state index in [9.17, 15) is 5.11 Å². The zero-order chi connectivity index (χ0) is 13.4. The number of hydrogen-bond acceptors (Lipinski definition) is 4. The molecule has 2 aromatic rings. The van der Waals surface area contributed by atoms with Gasteiger partial charge in [-0.05, 0) is 30.2 Å². The highest BCUT2D eigenvalue weighted by Gasteiger charge is 2.21. The Bertz CT molecular complexity index is 611. The molecular weight excluding hydrogens is 326 g/mol. The van der Waals surface area contributed by atoms with Crippen LogP contribution in [-0.2, 0) is 12.8 Å². The number of aryl methyl sites for hydroxylation is 1. The first-order valence-electron chi connectivity index (χ1n) is 6.17. The van der Waals surface area contributed by atoms with Crippen LogP contribution in [0.4, 0.5) is 0 Å². The Balaban J connectivity index is 1.90. The minimum atomic E-state index is -0.518. The lowest BCUT2D eigenvalue weighted by Gasteiger charge is -2.13. The van der Waals surface area contributed by atoms with Crippen LogP contribution < -0.4 is 4.74 Å². The highest BCUT2D eigenvalue weighted by molar-refractivity contribution is 9.10. The lowest BCUT2D eigenvalue weighted by molar-refractivity contribution is 0.180.